The summed E-state index contributed by atoms with van der Waals surface area (Å²) in [7, 11) is 1.80. The van der Waals surface area contributed by atoms with Gasteiger partial charge in [0.2, 0.25) is 0 Å². The Labute approximate surface area is 184 Å². The van der Waals surface area contributed by atoms with E-state index in [0.29, 0.717) is 18.5 Å². The number of guanidine groups is 1. The molecule has 0 amide bonds. The number of ether oxygens (including phenoxy) is 2. The zero-order valence-electron chi connectivity index (χ0n) is 15.8. The maximum absolute atomic E-state index is 6.05. The first-order valence-corrected chi connectivity index (χ1v) is 9.72. The maximum atomic E-state index is 6.05. The van der Waals surface area contributed by atoms with E-state index in [4.69, 9.17) is 21.1 Å². The Morgan fingerprint density at radius 3 is 2.74 bits per heavy atom. The number of nitrogens with zero attached hydrogens (tertiary/aromatic N) is 2. The van der Waals surface area contributed by atoms with Crippen LogP contribution in [0.15, 0.2) is 29.3 Å². The van der Waals surface area contributed by atoms with Crippen LogP contribution in [0.4, 0.5) is 0 Å². The van der Waals surface area contributed by atoms with Crippen molar-refractivity contribution >= 4 is 41.5 Å². The zero-order chi connectivity index (χ0) is 18.2. The van der Waals surface area contributed by atoms with E-state index in [0.717, 1.165) is 69.0 Å². The summed E-state index contributed by atoms with van der Waals surface area (Å²) in [6, 6.07) is 8.30. The van der Waals surface area contributed by atoms with Gasteiger partial charge in [-0.25, -0.2) is 0 Å². The molecule has 2 fully saturated rings. The molecule has 3 rings (SSSR count). The van der Waals surface area contributed by atoms with Gasteiger partial charge in [0.1, 0.15) is 0 Å². The molecule has 6 nitrogen and oxygen atoms in total. The number of hydrogen-bond acceptors (Lipinski definition) is 4. The van der Waals surface area contributed by atoms with Crippen molar-refractivity contribution in [2.45, 2.75) is 19.0 Å². The van der Waals surface area contributed by atoms with Crippen LogP contribution in [-0.4, -0.2) is 70.0 Å². The molecule has 0 aliphatic carbocycles. The molecule has 2 atom stereocenters. The molecule has 2 N–H and O–H groups in total. The average Bonchev–Trinajstić information content (AvgIpc) is 3.20. The predicted octanol–water partition coefficient (Wildman–Crippen LogP) is 2.36. The first-order chi connectivity index (χ1) is 12.8. The highest BCUT2D eigenvalue weighted by Crippen LogP contribution is 2.21. The van der Waals surface area contributed by atoms with Gasteiger partial charge >= 0.3 is 0 Å². The van der Waals surface area contributed by atoms with Crippen LogP contribution in [-0.2, 0) is 16.0 Å². The number of benzene rings is 1. The summed E-state index contributed by atoms with van der Waals surface area (Å²) < 4.78 is 11.2. The standard InChI is InChI=1S/C19H29ClN4O2.HI/c1-21-19(22-12-15-3-2-4-17(20)11-15)23-13-18(16-5-8-26-14-16)24-6-9-25-10-7-24;/h2-4,11,16,18H,5-10,12-14H2,1H3,(H2,21,22,23);1H. The number of halogens is 2. The van der Waals surface area contributed by atoms with Gasteiger partial charge in [0.25, 0.3) is 0 Å². The summed E-state index contributed by atoms with van der Waals surface area (Å²) >= 11 is 6.05. The van der Waals surface area contributed by atoms with Crippen molar-refractivity contribution in [2.75, 3.05) is 53.1 Å². The molecule has 2 heterocycles. The smallest absolute Gasteiger partial charge is 0.191 e. The lowest BCUT2D eigenvalue weighted by molar-refractivity contribution is 0.00246. The summed E-state index contributed by atoms with van der Waals surface area (Å²) in [4.78, 5) is 6.88. The average molecular weight is 509 g/mol. The minimum atomic E-state index is 0. The lowest BCUT2D eigenvalue weighted by atomic mass is 9.97. The number of hydrogen-bond donors (Lipinski definition) is 2. The van der Waals surface area contributed by atoms with Crippen molar-refractivity contribution < 1.29 is 9.47 Å². The Kier molecular flexibility index (Phi) is 10.1. The lowest BCUT2D eigenvalue weighted by Crippen LogP contribution is -2.53. The molecule has 0 spiro atoms. The molecule has 1 aromatic carbocycles. The second kappa shape index (κ2) is 12.1. The van der Waals surface area contributed by atoms with E-state index >= 15 is 0 Å². The van der Waals surface area contributed by atoms with E-state index in [1.54, 1.807) is 7.05 Å². The van der Waals surface area contributed by atoms with Crippen LogP contribution in [0.1, 0.15) is 12.0 Å². The SMILES string of the molecule is CN=C(NCc1cccc(Cl)c1)NCC(C1CCOC1)N1CCOCC1.I. The number of aliphatic imine (C=N–C) groups is 1. The highest BCUT2D eigenvalue weighted by atomic mass is 127. The summed E-state index contributed by atoms with van der Waals surface area (Å²) in [5.74, 6) is 1.37. The van der Waals surface area contributed by atoms with Crippen LogP contribution in [0, 0.1) is 5.92 Å². The van der Waals surface area contributed by atoms with E-state index in [1.165, 1.54) is 0 Å². The molecule has 2 aliphatic heterocycles. The van der Waals surface area contributed by atoms with Crippen molar-refractivity contribution in [3.05, 3.63) is 34.9 Å². The van der Waals surface area contributed by atoms with Crippen molar-refractivity contribution in [1.29, 1.82) is 0 Å². The van der Waals surface area contributed by atoms with Gasteiger partial charge in [-0.2, -0.15) is 0 Å². The quantitative estimate of drug-likeness (QED) is 0.351. The van der Waals surface area contributed by atoms with Gasteiger partial charge in [-0.05, 0) is 24.1 Å². The van der Waals surface area contributed by atoms with Crippen LogP contribution in [0.5, 0.6) is 0 Å². The zero-order valence-corrected chi connectivity index (χ0v) is 18.9. The summed E-state index contributed by atoms with van der Waals surface area (Å²) in [5, 5.41) is 7.61. The Morgan fingerprint density at radius 2 is 2.07 bits per heavy atom. The van der Waals surface area contributed by atoms with E-state index in [2.05, 4.69) is 26.6 Å². The van der Waals surface area contributed by atoms with E-state index < -0.39 is 0 Å². The first-order valence-electron chi connectivity index (χ1n) is 9.35. The fourth-order valence-corrected chi connectivity index (χ4v) is 3.83. The second-order valence-corrected chi connectivity index (χ2v) is 7.21. The van der Waals surface area contributed by atoms with Crippen molar-refractivity contribution in [3.63, 3.8) is 0 Å². The van der Waals surface area contributed by atoms with Crippen molar-refractivity contribution in [3.8, 4) is 0 Å². The fourth-order valence-electron chi connectivity index (χ4n) is 3.61. The van der Waals surface area contributed by atoms with Gasteiger partial charge in [-0.3, -0.25) is 9.89 Å². The fraction of sp³-hybridized carbons (Fsp3) is 0.632. The summed E-state index contributed by atoms with van der Waals surface area (Å²) in [6.07, 6.45) is 1.12. The third-order valence-corrected chi connectivity index (χ3v) is 5.31. The van der Waals surface area contributed by atoms with Crippen LogP contribution in [0.25, 0.3) is 0 Å². The third kappa shape index (κ3) is 7.05. The first kappa shape index (κ1) is 22.7. The molecule has 152 valence electrons. The molecule has 0 aromatic heterocycles. The van der Waals surface area contributed by atoms with Crippen LogP contribution in [0.2, 0.25) is 5.02 Å². The second-order valence-electron chi connectivity index (χ2n) is 6.78. The van der Waals surface area contributed by atoms with Gasteiger partial charge < -0.3 is 20.1 Å². The van der Waals surface area contributed by atoms with E-state index in [-0.39, 0.29) is 24.0 Å². The molecule has 2 aliphatic rings. The molecule has 2 unspecified atom stereocenters. The molecule has 1 aromatic rings. The Morgan fingerprint density at radius 1 is 1.26 bits per heavy atom. The van der Waals surface area contributed by atoms with Gasteiger partial charge in [0.15, 0.2) is 5.96 Å². The third-order valence-electron chi connectivity index (χ3n) is 5.07. The highest BCUT2D eigenvalue weighted by Gasteiger charge is 2.31. The Balaban J connectivity index is 0.00000261. The Hall–Kier alpha value is -0.610. The predicted molar refractivity (Wildman–Crippen MR) is 120 cm³/mol. The van der Waals surface area contributed by atoms with Crippen molar-refractivity contribution in [2.24, 2.45) is 10.9 Å². The Bertz CT molecular complexity index is 593. The lowest BCUT2D eigenvalue weighted by Gasteiger charge is -2.37. The summed E-state index contributed by atoms with van der Waals surface area (Å²) in [5.41, 5.74) is 1.13. The van der Waals surface area contributed by atoms with Crippen LogP contribution < -0.4 is 10.6 Å². The molecule has 0 bridgehead atoms. The number of rotatable bonds is 6. The normalized spacial score (nSPS) is 22.1. The minimum absolute atomic E-state index is 0. The molecule has 0 saturated carbocycles. The molecule has 2 saturated heterocycles. The molecule has 0 radical (unpaired) electrons. The highest BCUT2D eigenvalue weighted by molar-refractivity contribution is 14.0. The van der Waals surface area contributed by atoms with Gasteiger partial charge in [-0.15, -0.1) is 24.0 Å². The maximum Gasteiger partial charge on any atom is 0.191 e. The van der Waals surface area contributed by atoms with E-state index in [9.17, 15) is 0 Å². The molecule has 27 heavy (non-hydrogen) atoms. The van der Waals surface area contributed by atoms with Gasteiger partial charge in [-0.1, -0.05) is 23.7 Å². The molecular formula is C19H30ClIN4O2. The largest absolute Gasteiger partial charge is 0.381 e. The molecule has 8 heteroatoms. The number of nitrogens with one attached hydrogen (secondary N) is 2. The van der Waals surface area contributed by atoms with E-state index in [1.807, 2.05) is 18.2 Å². The van der Waals surface area contributed by atoms with Crippen LogP contribution in [0.3, 0.4) is 0 Å². The summed E-state index contributed by atoms with van der Waals surface area (Å²) in [6.45, 7) is 6.84. The minimum Gasteiger partial charge on any atom is -0.381 e. The van der Waals surface area contributed by atoms with Gasteiger partial charge in [0, 0.05) is 56.8 Å². The number of morpholine rings is 1. The van der Waals surface area contributed by atoms with Crippen LogP contribution >= 0.6 is 35.6 Å². The monoisotopic (exact) mass is 508 g/mol. The molecular weight excluding hydrogens is 479 g/mol. The van der Waals surface area contributed by atoms with Crippen molar-refractivity contribution in [1.82, 2.24) is 15.5 Å². The topological polar surface area (TPSA) is 58.1 Å². The van der Waals surface area contributed by atoms with Gasteiger partial charge in [0.05, 0.1) is 19.8 Å².